The van der Waals surface area contributed by atoms with Crippen LogP contribution < -0.4 is 15.4 Å². The number of hydrogen-bond donors (Lipinski definition) is 2. The lowest BCUT2D eigenvalue weighted by Crippen LogP contribution is -2.19. The van der Waals surface area contributed by atoms with Gasteiger partial charge in [0.2, 0.25) is 0 Å². The van der Waals surface area contributed by atoms with E-state index in [1.807, 2.05) is 43.3 Å². The van der Waals surface area contributed by atoms with Crippen molar-refractivity contribution in [3.05, 3.63) is 114 Å². The maximum Gasteiger partial charge on any atom is 0.257 e. The monoisotopic (exact) mass is 423 g/mol. The largest absolute Gasteiger partial charge is 0.457 e. The number of pyridine rings is 1. The molecule has 0 aliphatic carbocycles. The van der Waals surface area contributed by atoms with Gasteiger partial charge in [-0.1, -0.05) is 30.3 Å². The molecule has 6 nitrogen and oxygen atoms in total. The van der Waals surface area contributed by atoms with Gasteiger partial charge in [0.05, 0.1) is 11.3 Å². The summed E-state index contributed by atoms with van der Waals surface area (Å²) in [6, 6.07) is 25.1. The molecular weight excluding hydrogens is 402 g/mol. The maximum absolute atomic E-state index is 13.0. The van der Waals surface area contributed by atoms with E-state index in [4.69, 9.17) is 4.74 Å². The Balaban J connectivity index is 1.49. The minimum atomic E-state index is -0.324. The molecule has 0 fully saturated rings. The molecule has 4 aromatic rings. The predicted octanol–water partition coefficient (Wildman–Crippen LogP) is 5.69. The first kappa shape index (κ1) is 20.8. The molecule has 1 heterocycles. The van der Waals surface area contributed by atoms with Crippen molar-refractivity contribution in [2.24, 2.45) is 0 Å². The first-order chi connectivity index (χ1) is 15.6. The van der Waals surface area contributed by atoms with Crippen molar-refractivity contribution >= 4 is 23.2 Å². The average molecular weight is 423 g/mol. The second-order valence-corrected chi connectivity index (χ2v) is 7.08. The fraction of sp³-hybridized carbons (Fsp3) is 0.0385. The quantitative estimate of drug-likeness (QED) is 0.418. The molecule has 0 spiro atoms. The van der Waals surface area contributed by atoms with E-state index in [-0.39, 0.29) is 11.8 Å². The minimum Gasteiger partial charge on any atom is -0.457 e. The summed E-state index contributed by atoms with van der Waals surface area (Å²) in [6.07, 6.45) is 3.09. The summed E-state index contributed by atoms with van der Waals surface area (Å²) in [5.41, 5.74) is 2.70. The third-order valence-electron chi connectivity index (χ3n) is 4.79. The van der Waals surface area contributed by atoms with Gasteiger partial charge in [-0.3, -0.25) is 14.6 Å². The van der Waals surface area contributed by atoms with Gasteiger partial charge in [-0.25, -0.2) is 0 Å². The van der Waals surface area contributed by atoms with Crippen LogP contribution >= 0.6 is 0 Å². The molecule has 32 heavy (non-hydrogen) atoms. The standard InChI is InChI=1S/C26H21N3O3/c1-18-6-5-9-23(24(18)29-25(30)19-14-16-27-17-15-19)26(31)28-20-10-12-22(13-11-20)32-21-7-3-2-4-8-21/h2-17H,1H3,(H,28,31)(H,29,30). The summed E-state index contributed by atoms with van der Waals surface area (Å²) in [4.78, 5) is 29.5. The van der Waals surface area contributed by atoms with Crippen molar-refractivity contribution in [2.75, 3.05) is 10.6 Å². The SMILES string of the molecule is Cc1cccc(C(=O)Nc2ccc(Oc3ccccc3)cc2)c1NC(=O)c1ccncc1. The first-order valence-corrected chi connectivity index (χ1v) is 10.1. The van der Waals surface area contributed by atoms with Gasteiger partial charge >= 0.3 is 0 Å². The van der Waals surface area contributed by atoms with Crippen molar-refractivity contribution in [3.8, 4) is 11.5 Å². The number of benzene rings is 3. The van der Waals surface area contributed by atoms with E-state index in [1.165, 1.54) is 0 Å². The van der Waals surface area contributed by atoms with E-state index in [0.29, 0.717) is 28.3 Å². The summed E-state index contributed by atoms with van der Waals surface area (Å²) in [6.45, 7) is 1.84. The molecule has 0 bridgehead atoms. The van der Waals surface area contributed by atoms with Crippen LogP contribution in [-0.2, 0) is 0 Å². The molecule has 0 saturated heterocycles. The molecule has 1 aromatic heterocycles. The zero-order valence-electron chi connectivity index (χ0n) is 17.4. The van der Waals surface area contributed by atoms with E-state index in [1.54, 1.807) is 60.9 Å². The van der Waals surface area contributed by atoms with Crippen LogP contribution in [0.5, 0.6) is 11.5 Å². The molecule has 0 unspecified atom stereocenters. The number of anilines is 2. The van der Waals surface area contributed by atoms with Gasteiger partial charge in [-0.05, 0) is 67.1 Å². The molecule has 0 radical (unpaired) electrons. The van der Waals surface area contributed by atoms with Crippen molar-refractivity contribution in [3.63, 3.8) is 0 Å². The lowest BCUT2D eigenvalue weighted by atomic mass is 10.1. The highest BCUT2D eigenvalue weighted by Gasteiger charge is 2.16. The Morgan fingerprint density at radius 3 is 2.12 bits per heavy atom. The highest BCUT2D eigenvalue weighted by molar-refractivity contribution is 6.13. The third kappa shape index (κ3) is 4.99. The number of aryl methyl sites for hydroxylation is 1. The highest BCUT2D eigenvalue weighted by Crippen LogP contribution is 2.25. The summed E-state index contributed by atoms with van der Waals surface area (Å²) < 4.78 is 5.78. The third-order valence-corrected chi connectivity index (χ3v) is 4.79. The van der Waals surface area contributed by atoms with Crippen LogP contribution in [0.4, 0.5) is 11.4 Å². The first-order valence-electron chi connectivity index (χ1n) is 10.1. The molecule has 0 aliphatic heterocycles. The number of hydrogen-bond acceptors (Lipinski definition) is 4. The van der Waals surface area contributed by atoms with Crippen LogP contribution in [-0.4, -0.2) is 16.8 Å². The van der Waals surface area contributed by atoms with Crippen molar-refractivity contribution in [1.82, 2.24) is 4.98 Å². The summed E-state index contributed by atoms with van der Waals surface area (Å²) in [7, 11) is 0. The predicted molar refractivity (Wildman–Crippen MR) is 124 cm³/mol. The lowest BCUT2D eigenvalue weighted by Gasteiger charge is -2.14. The van der Waals surface area contributed by atoms with Gasteiger partial charge in [-0.2, -0.15) is 0 Å². The second-order valence-electron chi connectivity index (χ2n) is 7.08. The topological polar surface area (TPSA) is 80.3 Å². The number of para-hydroxylation sites is 2. The molecule has 3 aromatic carbocycles. The molecule has 0 atom stereocenters. The Kier molecular flexibility index (Phi) is 6.22. The van der Waals surface area contributed by atoms with E-state index in [0.717, 1.165) is 11.3 Å². The van der Waals surface area contributed by atoms with Crippen LogP contribution in [0, 0.1) is 6.92 Å². The number of aromatic nitrogens is 1. The van der Waals surface area contributed by atoms with Crippen molar-refractivity contribution < 1.29 is 14.3 Å². The number of carbonyl (C=O) groups excluding carboxylic acids is 2. The molecular formula is C26H21N3O3. The number of carbonyl (C=O) groups is 2. The smallest absolute Gasteiger partial charge is 0.257 e. The average Bonchev–Trinajstić information content (AvgIpc) is 2.83. The Hall–Kier alpha value is -4.45. The maximum atomic E-state index is 13.0. The Labute approximate surface area is 185 Å². The molecule has 0 saturated carbocycles. The van der Waals surface area contributed by atoms with Crippen LogP contribution in [0.15, 0.2) is 97.3 Å². The summed E-state index contributed by atoms with van der Waals surface area (Å²) >= 11 is 0. The van der Waals surface area contributed by atoms with Gasteiger partial charge in [0.15, 0.2) is 0 Å². The van der Waals surface area contributed by atoms with Crippen LogP contribution in [0.2, 0.25) is 0 Å². The van der Waals surface area contributed by atoms with E-state index in [2.05, 4.69) is 15.6 Å². The number of nitrogens with zero attached hydrogens (tertiary/aromatic N) is 1. The lowest BCUT2D eigenvalue weighted by molar-refractivity contribution is 0.102. The molecule has 0 aliphatic rings. The molecule has 2 N–H and O–H groups in total. The highest BCUT2D eigenvalue weighted by atomic mass is 16.5. The Morgan fingerprint density at radius 1 is 0.719 bits per heavy atom. The van der Waals surface area contributed by atoms with E-state index >= 15 is 0 Å². The molecule has 6 heteroatoms. The van der Waals surface area contributed by atoms with Gasteiger partial charge in [-0.15, -0.1) is 0 Å². The number of amides is 2. The van der Waals surface area contributed by atoms with Crippen LogP contribution in [0.25, 0.3) is 0 Å². The van der Waals surface area contributed by atoms with Gasteiger partial charge in [0.25, 0.3) is 11.8 Å². The van der Waals surface area contributed by atoms with Gasteiger partial charge in [0, 0.05) is 23.6 Å². The molecule has 4 rings (SSSR count). The summed E-state index contributed by atoms with van der Waals surface area (Å²) in [5.74, 6) is 0.766. The fourth-order valence-corrected chi connectivity index (χ4v) is 3.14. The van der Waals surface area contributed by atoms with E-state index in [9.17, 15) is 9.59 Å². The van der Waals surface area contributed by atoms with Crippen LogP contribution in [0.1, 0.15) is 26.3 Å². The van der Waals surface area contributed by atoms with Gasteiger partial charge in [0.1, 0.15) is 11.5 Å². The summed E-state index contributed by atoms with van der Waals surface area (Å²) in [5, 5.41) is 5.72. The van der Waals surface area contributed by atoms with E-state index < -0.39 is 0 Å². The zero-order valence-corrected chi connectivity index (χ0v) is 17.4. The minimum absolute atomic E-state index is 0.307. The number of nitrogens with one attached hydrogen (secondary N) is 2. The van der Waals surface area contributed by atoms with Crippen LogP contribution in [0.3, 0.4) is 0 Å². The molecule has 2 amide bonds. The van der Waals surface area contributed by atoms with Crippen molar-refractivity contribution in [2.45, 2.75) is 6.92 Å². The zero-order chi connectivity index (χ0) is 22.3. The number of ether oxygens (including phenoxy) is 1. The Bertz CT molecular complexity index is 1220. The Morgan fingerprint density at radius 2 is 1.41 bits per heavy atom. The van der Waals surface area contributed by atoms with Crippen molar-refractivity contribution in [1.29, 1.82) is 0 Å². The number of rotatable bonds is 6. The normalized spacial score (nSPS) is 10.3. The second kappa shape index (κ2) is 9.57. The van der Waals surface area contributed by atoms with Gasteiger partial charge < -0.3 is 15.4 Å². The molecule has 158 valence electrons. The fourth-order valence-electron chi connectivity index (χ4n) is 3.14.